The molecule has 25 heavy (non-hydrogen) atoms. The number of hydrogen-bond donors (Lipinski definition) is 1. The van der Waals surface area contributed by atoms with Crippen molar-refractivity contribution in [3.05, 3.63) is 84.7 Å². The van der Waals surface area contributed by atoms with E-state index in [0.29, 0.717) is 0 Å². The van der Waals surface area contributed by atoms with Crippen LogP contribution in [-0.2, 0) is 0 Å². The van der Waals surface area contributed by atoms with E-state index < -0.39 is 0 Å². The van der Waals surface area contributed by atoms with Crippen LogP contribution >= 0.6 is 0 Å². The summed E-state index contributed by atoms with van der Waals surface area (Å²) in [7, 11) is 0. The van der Waals surface area contributed by atoms with Crippen molar-refractivity contribution in [1.29, 1.82) is 0 Å². The van der Waals surface area contributed by atoms with Crippen LogP contribution in [0.3, 0.4) is 0 Å². The number of phenols is 1. The van der Waals surface area contributed by atoms with E-state index in [0.717, 1.165) is 28.5 Å². The van der Waals surface area contributed by atoms with E-state index in [-0.39, 0.29) is 5.75 Å². The highest BCUT2D eigenvalue weighted by Gasteiger charge is 2.13. The topological polar surface area (TPSA) is 50.9 Å². The monoisotopic (exact) mass is 327 g/mol. The number of hydrogen-bond acceptors (Lipinski definition) is 3. The molecule has 0 aliphatic heterocycles. The van der Waals surface area contributed by atoms with Crippen LogP contribution in [-0.4, -0.2) is 19.9 Å². The van der Waals surface area contributed by atoms with E-state index in [1.54, 1.807) is 12.1 Å². The summed E-state index contributed by atoms with van der Waals surface area (Å²) < 4.78 is 1.94. The van der Waals surface area contributed by atoms with Crippen molar-refractivity contribution in [1.82, 2.24) is 14.8 Å². The molecule has 1 aromatic heterocycles. The summed E-state index contributed by atoms with van der Waals surface area (Å²) in [6, 6.07) is 25.6. The fourth-order valence-electron chi connectivity index (χ4n) is 2.93. The van der Waals surface area contributed by atoms with Crippen molar-refractivity contribution in [2.45, 2.75) is 6.92 Å². The van der Waals surface area contributed by atoms with E-state index in [2.05, 4.69) is 34.5 Å². The second-order valence-corrected chi connectivity index (χ2v) is 5.87. The van der Waals surface area contributed by atoms with Crippen LogP contribution in [0.25, 0.3) is 28.2 Å². The second kappa shape index (κ2) is 6.24. The smallest absolute Gasteiger partial charge is 0.168 e. The first-order chi connectivity index (χ1) is 12.2. The molecule has 1 N–H and O–H groups in total. The summed E-state index contributed by atoms with van der Waals surface area (Å²) in [6.45, 7) is 1.90. The van der Waals surface area contributed by atoms with E-state index in [4.69, 9.17) is 0 Å². The molecule has 0 spiro atoms. The van der Waals surface area contributed by atoms with Gasteiger partial charge in [-0.15, -0.1) is 10.2 Å². The summed E-state index contributed by atoms with van der Waals surface area (Å²) in [5, 5.41) is 18.3. The van der Waals surface area contributed by atoms with Crippen LogP contribution < -0.4 is 0 Å². The van der Waals surface area contributed by atoms with E-state index in [9.17, 15) is 5.11 Å². The van der Waals surface area contributed by atoms with Crippen molar-refractivity contribution < 1.29 is 5.11 Å². The molecule has 0 saturated heterocycles. The maximum Gasteiger partial charge on any atom is 0.168 e. The summed E-state index contributed by atoms with van der Waals surface area (Å²) in [5.41, 5.74) is 4.15. The Balaban J connectivity index is 1.76. The summed E-state index contributed by atoms with van der Waals surface area (Å²) in [4.78, 5) is 0. The van der Waals surface area contributed by atoms with Crippen LogP contribution in [0.4, 0.5) is 0 Å². The minimum Gasteiger partial charge on any atom is -0.508 e. The molecule has 0 aliphatic rings. The number of benzene rings is 3. The molecule has 0 amide bonds. The lowest BCUT2D eigenvalue weighted by molar-refractivity contribution is 0.475. The predicted octanol–water partition coefficient (Wildman–Crippen LogP) is 4.62. The fourth-order valence-corrected chi connectivity index (χ4v) is 2.93. The Morgan fingerprint density at radius 2 is 1.40 bits per heavy atom. The third-order valence-corrected chi connectivity index (χ3v) is 4.16. The Kier molecular flexibility index (Phi) is 3.78. The van der Waals surface area contributed by atoms with Gasteiger partial charge < -0.3 is 5.11 Å². The Morgan fingerprint density at radius 3 is 2.12 bits per heavy atom. The molecule has 0 atom stereocenters. The molecule has 0 saturated carbocycles. The van der Waals surface area contributed by atoms with Crippen LogP contribution in [0.15, 0.2) is 78.9 Å². The van der Waals surface area contributed by atoms with Crippen LogP contribution in [0.2, 0.25) is 0 Å². The predicted molar refractivity (Wildman–Crippen MR) is 98.6 cm³/mol. The largest absolute Gasteiger partial charge is 0.508 e. The van der Waals surface area contributed by atoms with Crippen molar-refractivity contribution >= 4 is 0 Å². The van der Waals surface area contributed by atoms with Gasteiger partial charge in [0.1, 0.15) is 11.6 Å². The van der Waals surface area contributed by atoms with Gasteiger partial charge >= 0.3 is 0 Å². The minimum atomic E-state index is 0.218. The average Bonchev–Trinajstić information content (AvgIpc) is 3.04. The second-order valence-electron chi connectivity index (χ2n) is 5.87. The summed E-state index contributed by atoms with van der Waals surface area (Å²) in [6.07, 6.45) is 0. The Labute approximate surface area is 146 Å². The highest BCUT2D eigenvalue weighted by atomic mass is 16.3. The Morgan fingerprint density at radius 1 is 0.720 bits per heavy atom. The normalized spacial score (nSPS) is 10.8. The van der Waals surface area contributed by atoms with E-state index in [1.165, 1.54) is 5.56 Å². The van der Waals surface area contributed by atoms with Gasteiger partial charge in [-0.05, 0) is 30.2 Å². The zero-order valence-electron chi connectivity index (χ0n) is 13.8. The quantitative estimate of drug-likeness (QED) is 0.597. The molecule has 4 aromatic rings. The standard InChI is InChI=1S/C21H17N3O/c1-15-22-23-21(24(15)19-8-5-9-20(25)14-19)18-12-10-17(11-13-18)16-6-3-2-4-7-16/h2-14,25H,1H3. The van der Waals surface area contributed by atoms with Gasteiger partial charge in [0.2, 0.25) is 0 Å². The molecule has 0 aliphatic carbocycles. The molecule has 122 valence electrons. The molecule has 4 rings (SSSR count). The number of aromatic nitrogens is 3. The Hall–Kier alpha value is -3.40. The molecule has 4 nitrogen and oxygen atoms in total. The number of phenolic OH excluding ortho intramolecular Hbond substituents is 1. The first-order valence-corrected chi connectivity index (χ1v) is 8.10. The lowest BCUT2D eigenvalue weighted by Gasteiger charge is -2.10. The lowest BCUT2D eigenvalue weighted by atomic mass is 10.0. The SMILES string of the molecule is Cc1nnc(-c2ccc(-c3ccccc3)cc2)n1-c1cccc(O)c1. The number of rotatable bonds is 3. The molecule has 0 bridgehead atoms. The third kappa shape index (κ3) is 2.90. The summed E-state index contributed by atoms with van der Waals surface area (Å²) in [5.74, 6) is 1.74. The highest BCUT2D eigenvalue weighted by molar-refractivity contribution is 5.68. The first kappa shape index (κ1) is 15.1. The van der Waals surface area contributed by atoms with Gasteiger partial charge in [0.05, 0.1) is 5.69 Å². The highest BCUT2D eigenvalue weighted by Crippen LogP contribution is 2.27. The zero-order valence-corrected chi connectivity index (χ0v) is 13.8. The van der Waals surface area contributed by atoms with Gasteiger partial charge in [0.15, 0.2) is 5.82 Å². The van der Waals surface area contributed by atoms with Gasteiger partial charge in [-0.1, -0.05) is 60.7 Å². The number of aromatic hydroxyl groups is 1. The maximum absolute atomic E-state index is 9.77. The van der Waals surface area contributed by atoms with Gasteiger partial charge in [0.25, 0.3) is 0 Å². The minimum absolute atomic E-state index is 0.218. The molecule has 3 aromatic carbocycles. The molecular weight excluding hydrogens is 310 g/mol. The molecule has 0 radical (unpaired) electrons. The van der Waals surface area contributed by atoms with Crippen LogP contribution in [0.1, 0.15) is 5.82 Å². The molecular formula is C21H17N3O. The van der Waals surface area contributed by atoms with Crippen LogP contribution in [0.5, 0.6) is 5.75 Å². The van der Waals surface area contributed by atoms with E-state index >= 15 is 0 Å². The lowest BCUT2D eigenvalue weighted by Crippen LogP contribution is -1.99. The Bertz CT molecular complexity index is 1010. The van der Waals surface area contributed by atoms with Gasteiger partial charge in [0, 0.05) is 11.6 Å². The van der Waals surface area contributed by atoms with Crippen LogP contribution in [0, 0.1) is 6.92 Å². The average molecular weight is 327 g/mol. The molecule has 0 fully saturated rings. The molecule has 4 heteroatoms. The van der Waals surface area contributed by atoms with Crippen molar-refractivity contribution in [2.24, 2.45) is 0 Å². The van der Waals surface area contributed by atoms with E-state index in [1.807, 2.05) is 54.0 Å². The molecule has 1 heterocycles. The summed E-state index contributed by atoms with van der Waals surface area (Å²) >= 11 is 0. The van der Waals surface area contributed by atoms with Crippen molar-refractivity contribution in [2.75, 3.05) is 0 Å². The molecule has 0 unspecified atom stereocenters. The first-order valence-electron chi connectivity index (χ1n) is 8.10. The fraction of sp³-hybridized carbons (Fsp3) is 0.0476. The van der Waals surface area contributed by atoms with Gasteiger partial charge in [-0.2, -0.15) is 0 Å². The van der Waals surface area contributed by atoms with Gasteiger partial charge in [-0.3, -0.25) is 4.57 Å². The van der Waals surface area contributed by atoms with Crippen molar-refractivity contribution in [3.8, 4) is 34.0 Å². The zero-order chi connectivity index (χ0) is 17.2. The van der Waals surface area contributed by atoms with Gasteiger partial charge in [-0.25, -0.2) is 0 Å². The number of nitrogens with zero attached hydrogens (tertiary/aromatic N) is 3. The number of aryl methyl sites for hydroxylation is 1. The third-order valence-electron chi connectivity index (χ3n) is 4.16. The van der Waals surface area contributed by atoms with Crippen molar-refractivity contribution in [3.63, 3.8) is 0 Å². The maximum atomic E-state index is 9.77.